The first-order valence-electron chi connectivity index (χ1n) is 7.32. The smallest absolute Gasteiger partial charge is 0.272 e. The van der Waals surface area contributed by atoms with Gasteiger partial charge in [0, 0.05) is 11.3 Å². The van der Waals surface area contributed by atoms with Gasteiger partial charge in [-0.25, -0.2) is 0 Å². The Bertz CT molecular complexity index is 700. The Morgan fingerprint density at radius 2 is 2.05 bits per heavy atom. The van der Waals surface area contributed by atoms with Crippen LogP contribution in [0, 0.1) is 13.8 Å². The van der Waals surface area contributed by atoms with Crippen molar-refractivity contribution in [2.45, 2.75) is 45.6 Å². The monoisotopic (exact) mass is 283 g/mol. The molecule has 0 saturated carbocycles. The van der Waals surface area contributed by atoms with Gasteiger partial charge in [0.2, 0.25) is 0 Å². The molecule has 0 fully saturated rings. The molecule has 21 heavy (non-hydrogen) atoms. The van der Waals surface area contributed by atoms with Crippen molar-refractivity contribution in [3.8, 4) is 0 Å². The van der Waals surface area contributed by atoms with Gasteiger partial charge in [0.05, 0.1) is 6.04 Å². The number of H-pyrrole nitrogens is 1. The number of hydrogen-bond acceptors (Lipinski definition) is 2. The standard InChI is InChI=1S/C17H21N3O/c1-10-11(2)19-20-15(10)16(21)18-14-9-17(3,4)13-8-6-5-7-12(13)14/h5-8,14H,9H2,1-4H3,(H,18,21)(H,19,20). The molecule has 4 nitrogen and oxygen atoms in total. The molecule has 3 rings (SSSR count). The molecule has 1 amide bonds. The number of carbonyl (C=O) groups is 1. The molecule has 0 spiro atoms. The third kappa shape index (κ3) is 2.24. The first-order chi connectivity index (χ1) is 9.90. The molecule has 1 aliphatic carbocycles. The topological polar surface area (TPSA) is 57.8 Å². The van der Waals surface area contributed by atoms with Gasteiger partial charge in [-0.1, -0.05) is 38.1 Å². The van der Waals surface area contributed by atoms with E-state index in [1.165, 1.54) is 11.1 Å². The molecular formula is C17H21N3O. The fourth-order valence-corrected chi connectivity index (χ4v) is 3.21. The highest BCUT2D eigenvalue weighted by Gasteiger charge is 2.37. The molecule has 1 atom stereocenters. The van der Waals surface area contributed by atoms with Gasteiger partial charge in [0.1, 0.15) is 0 Å². The number of aryl methyl sites for hydroxylation is 1. The Kier molecular flexibility index (Phi) is 3.12. The molecule has 1 unspecified atom stereocenters. The lowest BCUT2D eigenvalue weighted by atomic mass is 9.86. The maximum Gasteiger partial charge on any atom is 0.272 e. The van der Waals surface area contributed by atoms with E-state index >= 15 is 0 Å². The summed E-state index contributed by atoms with van der Waals surface area (Å²) in [4.78, 5) is 12.5. The largest absolute Gasteiger partial charge is 0.344 e. The van der Waals surface area contributed by atoms with Gasteiger partial charge < -0.3 is 5.32 Å². The second-order valence-electron chi connectivity index (χ2n) is 6.52. The fourth-order valence-electron chi connectivity index (χ4n) is 3.21. The van der Waals surface area contributed by atoms with Crippen LogP contribution in [0.15, 0.2) is 24.3 Å². The second-order valence-corrected chi connectivity index (χ2v) is 6.52. The summed E-state index contributed by atoms with van der Waals surface area (Å²) in [6.45, 7) is 8.29. The summed E-state index contributed by atoms with van der Waals surface area (Å²) < 4.78 is 0. The maximum atomic E-state index is 12.5. The predicted molar refractivity (Wildman–Crippen MR) is 82.4 cm³/mol. The Hall–Kier alpha value is -2.10. The number of aromatic amines is 1. The van der Waals surface area contributed by atoms with E-state index in [0.29, 0.717) is 5.69 Å². The minimum Gasteiger partial charge on any atom is -0.344 e. The number of hydrogen-bond donors (Lipinski definition) is 2. The number of rotatable bonds is 2. The molecule has 0 bridgehead atoms. The molecule has 4 heteroatoms. The quantitative estimate of drug-likeness (QED) is 0.889. The Balaban J connectivity index is 1.87. The predicted octanol–water partition coefficient (Wildman–Crippen LogP) is 3.18. The highest BCUT2D eigenvalue weighted by atomic mass is 16.2. The third-order valence-corrected chi connectivity index (χ3v) is 4.55. The average Bonchev–Trinajstić information content (AvgIpc) is 2.90. The Labute approximate surface area is 125 Å². The van der Waals surface area contributed by atoms with E-state index in [2.05, 4.69) is 47.6 Å². The lowest BCUT2D eigenvalue weighted by Gasteiger charge is -2.19. The summed E-state index contributed by atoms with van der Waals surface area (Å²) in [5.41, 5.74) is 4.98. The van der Waals surface area contributed by atoms with Crippen LogP contribution in [0.4, 0.5) is 0 Å². The van der Waals surface area contributed by atoms with E-state index in [1.54, 1.807) is 0 Å². The summed E-state index contributed by atoms with van der Waals surface area (Å²) in [6, 6.07) is 8.42. The van der Waals surface area contributed by atoms with Gasteiger partial charge >= 0.3 is 0 Å². The lowest BCUT2D eigenvalue weighted by molar-refractivity contribution is 0.0928. The number of benzene rings is 1. The van der Waals surface area contributed by atoms with Crippen LogP contribution in [-0.2, 0) is 5.41 Å². The zero-order chi connectivity index (χ0) is 15.2. The number of aromatic nitrogens is 2. The SMILES string of the molecule is Cc1[nH]nc(C(=O)NC2CC(C)(C)c3ccccc32)c1C. The van der Waals surface area contributed by atoms with Gasteiger partial charge in [-0.15, -0.1) is 0 Å². The summed E-state index contributed by atoms with van der Waals surface area (Å²) in [7, 11) is 0. The molecule has 2 N–H and O–H groups in total. The minimum absolute atomic E-state index is 0.0557. The summed E-state index contributed by atoms with van der Waals surface area (Å²) in [6.07, 6.45) is 0.917. The van der Waals surface area contributed by atoms with E-state index < -0.39 is 0 Å². The van der Waals surface area contributed by atoms with Crippen molar-refractivity contribution in [2.75, 3.05) is 0 Å². The Morgan fingerprint density at radius 3 is 2.71 bits per heavy atom. The number of fused-ring (bicyclic) bond motifs is 1. The molecule has 1 aliphatic rings. The number of amides is 1. The average molecular weight is 283 g/mol. The molecular weight excluding hydrogens is 262 g/mol. The molecule has 1 heterocycles. The molecule has 0 aliphatic heterocycles. The molecule has 1 aromatic heterocycles. The van der Waals surface area contributed by atoms with Crippen LogP contribution in [0.3, 0.4) is 0 Å². The van der Waals surface area contributed by atoms with E-state index in [-0.39, 0.29) is 17.4 Å². The summed E-state index contributed by atoms with van der Waals surface area (Å²) in [5, 5.41) is 10.1. The zero-order valence-electron chi connectivity index (χ0n) is 12.9. The second kappa shape index (κ2) is 4.72. The number of nitrogens with zero attached hydrogens (tertiary/aromatic N) is 1. The van der Waals surface area contributed by atoms with Crippen LogP contribution in [0.25, 0.3) is 0 Å². The first-order valence-corrected chi connectivity index (χ1v) is 7.32. The van der Waals surface area contributed by atoms with Gasteiger partial charge in [-0.2, -0.15) is 5.10 Å². The van der Waals surface area contributed by atoms with Gasteiger partial charge in [0.25, 0.3) is 5.91 Å². The fraction of sp³-hybridized carbons (Fsp3) is 0.412. The number of nitrogens with one attached hydrogen (secondary N) is 2. The third-order valence-electron chi connectivity index (χ3n) is 4.55. The van der Waals surface area contributed by atoms with Crippen molar-refractivity contribution in [2.24, 2.45) is 0 Å². The normalized spacial score (nSPS) is 19.3. The van der Waals surface area contributed by atoms with Crippen LogP contribution >= 0.6 is 0 Å². The lowest BCUT2D eigenvalue weighted by Crippen LogP contribution is -2.29. The van der Waals surface area contributed by atoms with Gasteiger partial charge in [0.15, 0.2) is 5.69 Å². The van der Waals surface area contributed by atoms with E-state index in [9.17, 15) is 4.79 Å². The van der Waals surface area contributed by atoms with Crippen LogP contribution in [0.2, 0.25) is 0 Å². The molecule has 1 aromatic carbocycles. The summed E-state index contributed by atoms with van der Waals surface area (Å²) >= 11 is 0. The van der Waals surface area contributed by atoms with Crippen molar-refractivity contribution in [3.63, 3.8) is 0 Å². The van der Waals surface area contributed by atoms with Gasteiger partial charge in [-0.05, 0) is 36.8 Å². The van der Waals surface area contributed by atoms with E-state index in [1.807, 2.05) is 19.9 Å². The molecule has 2 aromatic rings. The van der Waals surface area contributed by atoms with Crippen molar-refractivity contribution >= 4 is 5.91 Å². The highest BCUT2D eigenvalue weighted by molar-refractivity contribution is 5.94. The molecule has 0 saturated heterocycles. The molecule has 0 radical (unpaired) electrons. The van der Waals surface area contributed by atoms with Crippen LogP contribution in [0.5, 0.6) is 0 Å². The zero-order valence-corrected chi connectivity index (χ0v) is 12.9. The first kappa shape index (κ1) is 13.9. The van der Waals surface area contributed by atoms with E-state index in [4.69, 9.17) is 0 Å². The Morgan fingerprint density at radius 1 is 1.33 bits per heavy atom. The summed E-state index contributed by atoms with van der Waals surface area (Å²) in [5.74, 6) is -0.102. The van der Waals surface area contributed by atoms with Gasteiger partial charge in [-0.3, -0.25) is 9.89 Å². The highest BCUT2D eigenvalue weighted by Crippen LogP contribution is 2.44. The van der Waals surface area contributed by atoms with E-state index in [0.717, 1.165) is 17.7 Å². The van der Waals surface area contributed by atoms with Crippen molar-refractivity contribution in [1.82, 2.24) is 15.5 Å². The van der Waals surface area contributed by atoms with Crippen molar-refractivity contribution in [1.29, 1.82) is 0 Å². The number of carbonyl (C=O) groups excluding carboxylic acids is 1. The maximum absolute atomic E-state index is 12.5. The van der Waals surface area contributed by atoms with Crippen LogP contribution in [-0.4, -0.2) is 16.1 Å². The molecule has 110 valence electrons. The van der Waals surface area contributed by atoms with Crippen LogP contribution < -0.4 is 5.32 Å². The van der Waals surface area contributed by atoms with Crippen molar-refractivity contribution < 1.29 is 4.79 Å². The van der Waals surface area contributed by atoms with Crippen molar-refractivity contribution in [3.05, 3.63) is 52.3 Å². The van der Waals surface area contributed by atoms with Crippen LogP contribution in [0.1, 0.15) is 59.2 Å². The minimum atomic E-state index is -0.102.